The maximum absolute atomic E-state index is 12.0. The van der Waals surface area contributed by atoms with Gasteiger partial charge in [0.25, 0.3) is 5.91 Å². The van der Waals surface area contributed by atoms with Crippen LogP contribution < -0.4 is 10.2 Å². The van der Waals surface area contributed by atoms with Crippen molar-refractivity contribution in [1.29, 1.82) is 0 Å². The lowest BCUT2D eigenvalue weighted by Gasteiger charge is -2.31. The van der Waals surface area contributed by atoms with Gasteiger partial charge in [0.15, 0.2) is 0 Å². The van der Waals surface area contributed by atoms with Gasteiger partial charge in [0.05, 0.1) is 11.8 Å². The molecule has 1 N–H and O–H groups in total. The Balaban J connectivity index is 1.56. The van der Waals surface area contributed by atoms with E-state index in [1.165, 1.54) is 17.7 Å². The lowest BCUT2D eigenvalue weighted by atomic mass is 10.0. The summed E-state index contributed by atoms with van der Waals surface area (Å²) in [5.41, 5.74) is 3.32. The molecular formula is C16H20N4O. The zero-order valence-electron chi connectivity index (χ0n) is 12.2. The fourth-order valence-corrected chi connectivity index (χ4v) is 2.79. The van der Waals surface area contributed by atoms with Crippen LogP contribution in [0.3, 0.4) is 0 Å². The van der Waals surface area contributed by atoms with Crippen molar-refractivity contribution in [1.82, 2.24) is 15.1 Å². The van der Waals surface area contributed by atoms with E-state index in [1.807, 2.05) is 0 Å². The monoisotopic (exact) mass is 284 g/mol. The SMILES string of the molecule is Cn1cc(C(=O)NCCN2CCCc3ccccc32)cn1. The number of carbonyl (C=O) groups is 1. The lowest BCUT2D eigenvalue weighted by molar-refractivity contribution is 0.0954. The van der Waals surface area contributed by atoms with Crippen LogP contribution in [0, 0.1) is 0 Å². The molecule has 21 heavy (non-hydrogen) atoms. The van der Waals surface area contributed by atoms with E-state index in [1.54, 1.807) is 24.1 Å². The molecule has 0 aliphatic carbocycles. The van der Waals surface area contributed by atoms with Gasteiger partial charge in [-0.1, -0.05) is 18.2 Å². The molecule has 5 heteroatoms. The highest BCUT2D eigenvalue weighted by atomic mass is 16.1. The number of nitrogens with zero attached hydrogens (tertiary/aromatic N) is 3. The highest BCUT2D eigenvalue weighted by Gasteiger charge is 2.16. The summed E-state index contributed by atoms with van der Waals surface area (Å²) in [4.78, 5) is 14.3. The second-order valence-electron chi connectivity index (χ2n) is 5.38. The van der Waals surface area contributed by atoms with Crippen molar-refractivity contribution in [3.05, 3.63) is 47.8 Å². The van der Waals surface area contributed by atoms with Gasteiger partial charge in [-0.3, -0.25) is 9.48 Å². The Morgan fingerprint density at radius 2 is 2.24 bits per heavy atom. The molecule has 1 aromatic carbocycles. The number of fused-ring (bicyclic) bond motifs is 1. The van der Waals surface area contributed by atoms with E-state index >= 15 is 0 Å². The van der Waals surface area contributed by atoms with Crippen molar-refractivity contribution >= 4 is 11.6 Å². The normalized spacial score (nSPS) is 13.9. The largest absolute Gasteiger partial charge is 0.370 e. The molecule has 110 valence electrons. The van der Waals surface area contributed by atoms with Crippen LogP contribution in [-0.2, 0) is 13.5 Å². The van der Waals surface area contributed by atoms with Crippen LogP contribution in [0.15, 0.2) is 36.7 Å². The summed E-state index contributed by atoms with van der Waals surface area (Å²) in [5, 5.41) is 6.97. The molecule has 0 radical (unpaired) electrons. The Morgan fingerprint density at radius 3 is 3.05 bits per heavy atom. The lowest BCUT2D eigenvalue weighted by Crippen LogP contribution is -2.37. The molecule has 1 amide bonds. The Morgan fingerprint density at radius 1 is 1.38 bits per heavy atom. The zero-order chi connectivity index (χ0) is 14.7. The number of amides is 1. The molecule has 1 aromatic heterocycles. The number of hydrogen-bond donors (Lipinski definition) is 1. The van der Waals surface area contributed by atoms with Gasteiger partial charge in [0.2, 0.25) is 0 Å². The number of rotatable bonds is 4. The summed E-state index contributed by atoms with van der Waals surface area (Å²) in [6.07, 6.45) is 5.64. The van der Waals surface area contributed by atoms with E-state index in [2.05, 4.69) is 39.6 Å². The average molecular weight is 284 g/mol. The minimum Gasteiger partial charge on any atom is -0.370 e. The van der Waals surface area contributed by atoms with Crippen LogP contribution in [0.1, 0.15) is 22.3 Å². The highest BCUT2D eigenvalue weighted by Crippen LogP contribution is 2.25. The number of aromatic nitrogens is 2. The van der Waals surface area contributed by atoms with E-state index < -0.39 is 0 Å². The van der Waals surface area contributed by atoms with E-state index in [0.29, 0.717) is 12.1 Å². The van der Waals surface area contributed by atoms with Gasteiger partial charge in [-0.2, -0.15) is 5.10 Å². The third-order valence-electron chi connectivity index (χ3n) is 3.84. The number of para-hydroxylation sites is 1. The third-order valence-corrected chi connectivity index (χ3v) is 3.84. The summed E-state index contributed by atoms with van der Waals surface area (Å²) in [7, 11) is 1.81. The van der Waals surface area contributed by atoms with Crippen LogP contribution in [0.25, 0.3) is 0 Å². The van der Waals surface area contributed by atoms with Crippen molar-refractivity contribution in [2.75, 3.05) is 24.5 Å². The molecule has 0 saturated heterocycles. The molecule has 5 nitrogen and oxygen atoms in total. The van der Waals surface area contributed by atoms with Crippen molar-refractivity contribution in [3.8, 4) is 0 Å². The summed E-state index contributed by atoms with van der Waals surface area (Å²) < 4.78 is 1.63. The maximum Gasteiger partial charge on any atom is 0.254 e. The predicted molar refractivity (Wildman–Crippen MR) is 82.5 cm³/mol. The second-order valence-corrected chi connectivity index (χ2v) is 5.38. The molecule has 0 spiro atoms. The smallest absolute Gasteiger partial charge is 0.254 e. The van der Waals surface area contributed by atoms with Gasteiger partial charge in [0.1, 0.15) is 0 Å². The first kappa shape index (κ1) is 13.7. The Hall–Kier alpha value is -2.30. The highest BCUT2D eigenvalue weighted by molar-refractivity contribution is 5.93. The Labute approximate surface area is 124 Å². The van der Waals surface area contributed by atoms with Crippen molar-refractivity contribution in [2.45, 2.75) is 12.8 Å². The fourth-order valence-electron chi connectivity index (χ4n) is 2.79. The molecular weight excluding hydrogens is 264 g/mol. The molecule has 1 aliphatic rings. The predicted octanol–water partition coefficient (Wildman–Crippen LogP) is 1.60. The fraction of sp³-hybridized carbons (Fsp3) is 0.375. The Bertz CT molecular complexity index is 635. The van der Waals surface area contributed by atoms with Crippen molar-refractivity contribution < 1.29 is 4.79 Å². The van der Waals surface area contributed by atoms with Gasteiger partial charge < -0.3 is 10.2 Å². The maximum atomic E-state index is 12.0. The van der Waals surface area contributed by atoms with Gasteiger partial charge in [-0.15, -0.1) is 0 Å². The molecule has 0 fully saturated rings. The molecule has 2 aromatic rings. The quantitative estimate of drug-likeness (QED) is 0.928. The summed E-state index contributed by atoms with van der Waals surface area (Å²) in [5.74, 6) is -0.0617. The Kier molecular flexibility index (Phi) is 3.90. The number of anilines is 1. The standard InChI is InChI=1S/C16H20N4O/c1-19-12-14(11-18-19)16(21)17-8-10-20-9-4-6-13-5-2-3-7-15(13)20/h2-3,5,7,11-12H,4,6,8-10H2,1H3,(H,17,21). The zero-order valence-corrected chi connectivity index (χ0v) is 12.2. The van der Waals surface area contributed by atoms with E-state index in [9.17, 15) is 4.79 Å². The van der Waals surface area contributed by atoms with Crippen LogP contribution in [0.4, 0.5) is 5.69 Å². The summed E-state index contributed by atoms with van der Waals surface area (Å²) in [6, 6.07) is 8.52. The van der Waals surface area contributed by atoms with Gasteiger partial charge in [-0.05, 0) is 24.5 Å². The summed E-state index contributed by atoms with van der Waals surface area (Å²) >= 11 is 0. The topological polar surface area (TPSA) is 50.2 Å². The molecule has 1 aliphatic heterocycles. The first-order chi connectivity index (χ1) is 10.2. The average Bonchev–Trinajstić information content (AvgIpc) is 2.94. The molecule has 0 atom stereocenters. The van der Waals surface area contributed by atoms with Crippen LogP contribution in [-0.4, -0.2) is 35.3 Å². The summed E-state index contributed by atoms with van der Waals surface area (Å²) in [6.45, 7) is 2.53. The van der Waals surface area contributed by atoms with Crippen LogP contribution >= 0.6 is 0 Å². The third kappa shape index (κ3) is 3.07. The van der Waals surface area contributed by atoms with E-state index in [-0.39, 0.29) is 5.91 Å². The van der Waals surface area contributed by atoms with Crippen LogP contribution in [0.2, 0.25) is 0 Å². The number of benzene rings is 1. The first-order valence-electron chi connectivity index (χ1n) is 7.34. The van der Waals surface area contributed by atoms with E-state index in [0.717, 1.165) is 19.5 Å². The molecule has 2 heterocycles. The van der Waals surface area contributed by atoms with E-state index in [4.69, 9.17) is 0 Å². The number of nitrogens with one attached hydrogen (secondary N) is 1. The van der Waals surface area contributed by atoms with Crippen LogP contribution in [0.5, 0.6) is 0 Å². The second kappa shape index (κ2) is 5.99. The first-order valence-corrected chi connectivity index (χ1v) is 7.34. The molecule has 3 rings (SSSR count). The molecule has 0 saturated carbocycles. The minimum atomic E-state index is -0.0617. The van der Waals surface area contributed by atoms with Crippen molar-refractivity contribution in [3.63, 3.8) is 0 Å². The number of aryl methyl sites for hydroxylation is 2. The van der Waals surface area contributed by atoms with Crippen molar-refractivity contribution in [2.24, 2.45) is 7.05 Å². The molecule has 0 unspecified atom stereocenters. The minimum absolute atomic E-state index is 0.0617. The number of carbonyl (C=O) groups excluding carboxylic acids is 1. The molecule has 0 bridgehead atoms. The van der Waals surface area contributed by atoms with Gasteiger partial charge in [0, 0.05) is 38.6 Å². The van der Waals surface area contributed by atoms with Gasteiger partial charge in [-0.25, -0.2) is 0 Å². The van der Waals surface area contributed by atoms with Gasteiger partial charge >= 0.3 is 0 Å². The number of hydrogen-bond acceptors (Lipinski definition) is 3.